The number of nitro groups is 1. The minimum absolute atomic E-state index is 0. The van der Waals surface area contributed by atoms with Gasteiger partial charge in [0.15, 0.2) is 0 Å². The molecule has 178 valence electrons. The molecule has 2 aliphatic heterocycles. The van der Waals surface area contributed by atoms with Crippen LogP contribution in [0.1, 0.15) is 29.2 Å². The molecule has 1 aromatic heterocycles. The van der Waals surface area contributed by atoms with Crippen LogP contribution in [0.25, 0.3) is 10.9 Å². The molecule has 1 N–H and O–H groups in total. The maximum absolute atomic E-state index is 12.8. The number of hydrogen-bond donors (Lipinski definition) is 1. The van der Waals surface area contributed by atoms with Crippen LogP contribution in [-0.4, -0.2) is 89.4 Å². The van der Waals surface area contributed by atoms with Gasteiger partial charge in [0.05, 0.1) is 55.1 Å². The predicted molar refractivity (Wildman–Crippen MR) is 120 cm³/mol. The number of benzene rings is 1. The van der Waals surface area contributed by atoms with Crippen LogP contribution in [-0.2, 0) is 0 Å². The fourth-order valence-corrected chi connectivity index (χ4v) is 5.15. The molecule has 2 aromatic rings. The number of carboxylic acids is 1. The zero-order valence-corrected chi connectivity index (χ0v) is 19.3. The lowest BCUT2D eigenvalue weighted by Gasteiger charge is -2.48. The number of carbonyl (C=O) groups is 1. The molecule has 0 atom stereocenters. The summed E-state index contributed by atoms with van der Waals surface area (Å²) in [5, 5.41) is 21.5. The molecule has 1 aliphatic carbocycles. The molecule has 5 rings (SSSR count). The van der Waals surface area contributed by atoms with Crippen LogP contribution in [0, 0.1) is 10.1 Å². The van der Waals surface area contributed by atoms with E-state index in [-0.39, 0.29) is 35.1 Å². The van der Waals surface area contributed by atoms with Crippen molar-refractivity contribution in [3.05, 3.63) is 44.2 Å². The minimum atomic E-state index is -1.31. The zero-order chi connectivity index (χ0) is 22.6. The van der Waals surface area contributed by atoms with Crippen LogP contribution in [0.4, 0.5) is 11.4 Å². The molecule has 0 bridgehead atoms. The molecule has 10 nitrogen and oxygen atoms in total. The lowest BCUT2D eigenvalue weighted by Crippen LogP contribution is -3.00. The number of piperazine rings is 2. The van der Waals surface area contributed by atoms with E-state index in [0.717, 1.165) is 69.7 Å². The molecule has 2 saturated heterocycles. The van der Waals surface area contributed by atoms with E-state index in [0.29, 0.717) is 11.2 Å². The van der Waals surface area contributed by atoms with Gasteiger partial charge in [-0.25, -0.2) is 4.79 Å². The van der Waals surface area contributed by atoms with Crippen LogP contribution < -0.4 is 22.7 Å². The molecule has 0 unspecified atom stereocenters. The SMILES string of the molecule is CN1CC[N+]2(CC1)CCN(c1cc3c(cc1[N+](=O)[O-])c(=O)c(C(=O)O)cn3C1CC1)CC2.[Cl-]. The molecular formula is C22H28ClN5O5. The van der Waals surface area contributed by atoms with E-state index in [1.807, 2.05) is 4.57 Å². The number of likely N-dealkylation sites (N-methyl/N-ethyl adjacent to an activating group) is 1. The summed E-state index contributed by atoms with van der Waals surface area (Å²) in [5.74, 6) is -1.31. The summed E-state index contributed by atoms with van der Waals surface area (Å²) in [6.45, 7) is 7.65. The topological polar surface area (TPSA) is 109 Å². The first-order chi connectivity index (χ1) is 15.3. The van der Waals surface area contributed by atoms with Crippen molar-refractivity contribution in [2.24, 2.45) is 0 Å². The van der Waals surface area contributed by atoms with Gasteiger partial charge in [-0.3, -0.25) is 19.8 Å². The number of pyridine rings is 1. The number of halogens is 1. The molecule has 3 heterocycles. The van der Waals surface area contributed by atoms with Gasteiger partial charge in [-0.2, -0.15) is 0 Å². The van der Waals surface area contributed by atoms with E-state index in [1.54, 1.807) is 6.07 Å². The average molecular weight is 478 g/mol. The molecular weight excluding hydrogens is 450 g/mol. The van der Waals surface area contributed by atoms with Gasteiger partial charge in [-0.15, -0.1) is 0 Å². The first kappa shape index (κ1) is 23.5. The van der Waals surface area contributed by atoms with Crippen LogP contribution >= 0.6 is 0 Å². The van der Waals surface area contributed by atoms with E-state index in [9.17, 15) is 24.8 Å². The predicted octanol–water partition coefficient (Wildman–Crippen LogP) is -1.47. The summed E-state index contributed by atoms with van der Waals surface area (Å²) in [7, 11) is 2.14. The second-order valence-corrected chi connectivity index (χ2v) is 9.46. The minimum Gasteiger partial charge on any atom is -1.00 e. The highest BCUT2D eigenvalue weighted by molar-refractivity contribution is 5.95. The Kier molecular flexibility index (Phi) is 6.10. The van der Waals surface area contributed by atoms with Crippen molar-refractivity contribution >= 4 is 28.2 Å². The van der Waals surface area contributed by atoms with Crippen LogP contribution in [0.2, 0.25) is 0 Å². The van der Waals surface area contributed by atoms with Crippen molar-refractivity contribution in [3.63, 3.8) is 0 Å². The van der Waals surface area contributed by atoms with Crippen molar-refractivity contribution in [2.75, 3.05) is 64.3 Å². The van der Waals surface area contributed by atoms with Gasteiger partial charge >= 0.3 is 5.97 Å². The maximum Gasteiger partial charge on any atom is 0.341 e. The van der Waals surface area contributed by atoms with Gasteiger partial charge in [0.2, 0.25) is 5.43 Å². The standard InChI is InChI=1S/C22H27N5O5.ClH/c1-23-4-8-27(9-5-23)10-6-24(7-11-27)19-13-18-16(12-20(19)26(31)32)21(28)17(22(29)30)14-25(18)15-2-3-15;/h12-15H,2-11H2,1H3;1H. The second kappa shape index (κ2) is 8.58. The van der Waals surface area contributed by atoms with Crippen molar-refractivity contribution in [1.82, 2.24) is 9.47 Å². The molecule has 1 spiro atoms. The largest absolute Gasteiger partial charge is 1.00 e. The van der Waals surface area contributed by atoms with Crippen LogP contribution in [0.15, 0.2) is 23.1 Å². The van der Waals surface area contributed by atoms with Crippen LogP contribution in [0.5, 0.6) is 0 Å². The number of rotatable bonds is 4. The quantitative estimate of drug-likeness (QED) is 0.325. The van der Waals surface area contributed by atoms with Crippen molar-refractivity contribution in [3.8, 4) is 0 Å². The van der Waals surface area contributed by atoms with Crippen molar-refractivity contribution in [2.45, 2.75) is 18.9 Å². The number of fused-ring (bicyclic) bond motifs is 1. The van der Waals surface area contributed by atoms with Gasteiger partial charge < -0.3 is 31.5 Å². The number of aromatic nitrogens is 1. The van der Waals surface area contributed by atoms with E-state index >= 15 is 0 Å². The first-order valence-electron chi connectivity index (χ1n) is 11.2. The van der Waals surface area contributed by atoms with Gasteiger partial charge in [0.1, 0.15) is 11.3 Å². The summed E-state index contributed by atoms with van der Waals surface area (Å²) in [6.07, 6.45) is 3.21. The van der Waals surface area contributed by atoms with Gasteiger partial charge in [-0.05, 0) is 26.0 Å². The van der Waals surface area contributed by atoms with E-state index in [4.69, 9.17) is 0 Å². The summed E-state index contributed by atoms with van der Waals surface area (Å²) in [4.78, 5) is 40.3. The second-order valence-electron chi connectivity index (χ2n) is 9.46. The molecule has 3 fully saturated rings. The van der Waals surface area contributed by atoms with E-state index in [2.05, 4.69) is 16.8 Å². The molecule has 3 aliphatic rings. The molecule has 0 amide bonds. The summed E-state index contributed by atoms with van der Waals surface area (Å²) >= 11 is 0. The maximum atomic E-state index is 12.8. The lowest BCUT2D eigenvalue weighted by atomic mass is 10.1. The first-order valence-corrected chi connectivity index (χ1v) is 11.2. The Morgan fingerprint density at radius 2 is 1.73 bits per heavy atom. The molecule has 1 saturated carbocycles. The van der Waals surface area contributed by atoms with Gasteiger partial charge in [0, 0.05) is 31.4 Å². The fourth-order valence-electron chi connectivity index (χ4n) is 5.15. The Morgan fingerprint density at radius 1 is 1.12 bits per heavy atom. The van der Waals surface area contributed by atoms with E-state index in [1.165, 1.54) is 12.3 Å². The third-order valence-corrected chi connectivity index (χ3v) is 7.44. The summed E-state index contributed by atoms with van der Waals surface area (Å²) in [5.41, 5.74) is -0.0413. The van der Waals surface area contributed by atoms with Gasteiger partial charge in [0.25, 0.3) is 5.69 Å². The normalized spacial score (nSPS) is 20.6. The summed E-state index contributed by atoms with van der Waals surface area (Å²) < 4.78 is 2.88. The number of anilines is 1. The fraction of sp³-hybridized carbons (Fsp3) is 0.545. The highest BCUT2D eigenvalue weighted by Gasteiger charge is 2.37. The number of aromatic carboxylic acids is 1. The third-order valence-electron chi connectivity index (χ3n) is 7.44. The van der Waals surface area contributed by atoms with Crippen molar-refractivity contribution in [1.29, 1.82) is 0 Å². The molecule has 1 aromatic carbocycles. The molecule has 33 heavy (non-hydrogen) atoms. The Bertz CT molecular complexity index is 1160. The monoisotopic (exact) mass is 477 g/mol. The van der Waals surface area contributed by atoms with Crippen LogP contribution in [0.3, 0.4) is 0 Å². The number of hydrogen-bond acceptors (Lipinski definition) is 6. The Labute approximate surface area is 197 Å². The summed E-state index contributed by atoms with van der Waals surface area (Å²) in [6, 6.07) is 3.15. The lowest BCUT2D eigenvalue weighted by molar-refractivity contribution is -0.932. The third kappa shape index (κ3) is 4.18. The smallest absolute Gasteiger partial charge is 0.341 e. The molecule has 0 radical (unpaired) electrons. The molecule has 11 heteroatoms. The zero-order valence-electron chi connectivity index (χ0n) is 18.6. The highest BCUT2D eigenvalue weighted by atomic mass is 35.5. The number of quaternary nitrogens is 1. The van der Waals surface area contributed by atoms with E-state index < -0.39 is 16.3 Å². The van der Waals surface area contributed by atoms with Gasteiger partial charge in [-0.1, -0.05) is 0 Å². The number of nitrogens with zero attached hydrogens (tertiary/aromatic N) is 5. The number of carboxylic acid groups (broad SMARTS) is 1. The Balaban J connectivity index is 0.00000259. The highest BCUT2D eigenvalue weighted by Crippen LogP contribution is 2.40. The Morgan fingerprint density at radius 3 is 2.27 bits per heavy atom. The average Bonchev–Trinajstić information content (AvgIpc) is 3.61. The number of nitro benzene ring substituents is 1. The Hall–Kier alpha value is -2.69. The van der Waals surface area contributed by atoms with Crippen molar-refractivity contribution < 1.29 is 31.7 Å².